The van der Waals surface area contributed by atoms with E-state index in [1.807, 2.05) is 13.8 Å². The third kappa shape index (κ3) is 5.95. The normalized spacial score (nSPS) is 23.2. The molecule has 3 aliphatic heterocycles. The predicted octanol–water partition coefficient (Wildman–Crippen LogP) is 1.84. The first-order chi connectivity index (χ1) is 11.4. The van der Waals surface area contributed by atoms with Crippen LogP contribution in [0.1, 0.15) is 52.9 Å². The molecule has 3 aliphatic rings. The van der Waals surface area contributed by atoms with Gasteiger partial charge in [-0.2, -0.15) is 0 Å². The van der Waals surface area contributed by atoms with Crippen molar-refractivity contribution in [2.24, 2.45) is 0 Å². The van der Waals surface area contributed by atoms with Crippen molar-refractivity contribution in [3.8, 4) is 0 Å². The highest BCUT2D eigenvalue weighted by Gasteiger charge is 2.29. The van der Waals surface area contributed by atoms with Crippen molar-refractivity contribution in [2.45, 2.75) is 65.0 Å². The van der Waals surface area contributed by atoms with Gasteiger partial charge in [-0.05, 0) is 32.1 Å². The van der Waals surface area contributed by atoms with Gasteiger partial charge in [-0.1, -0.05) is 20.8 Å². The average molecular weight is 329 g/mol. The van der Waals surface area contributed by atoms with Gasteiger partial charge in [0, 0.05) is 57.4 Å². The zero-order valence-corrected chi connectivity index (χ0v) is 15.3. The number of nitrogens with one attached hydrogen (secondary N) is 2. The van der Waals surface area contributed by atoms with Gasteiger partial charge < -0.3 is 20.2 Å². The molecule has 0 aromatic carbocycles. The molecule has 6 nitrogen and oxygen atoms in total. The molecule has 136 valence electrons. The zero-order chi connectivity index (χ0) is 17.1. The average Bonchev–Trinajstić information content (AvgIpc) is 3.15. The minimum atomic E-state index is 0.632. The highest BCUT2D eigenvalue weighted by atomic mass is 16.5. The van der Waals surface area contributed by atoms with Crippen molar-refractivity contribution in [2.75, 3.05) is 33.4 Å². The second-order valence-electron chi connectivity index (χ2n) is 5.76. The summed E-state index contributed by atoms with van der Waals surface area (Å²) in [6, 6.07) is 1.40. The lowest BCUT2D eigenvalue weighted by Gasteiger charge is -2.41. The summed E-state index contributed by atoms with van der Waals surface area (Å²) in [5.41, 5.74) is 7.79. The molecule has 0 unspecified atom stereocenters. The molecule has 0 amide bonds. The quantitative estimate of drug-likeness (QED) is 0.735. The minimum Gasteiger partial charge on any atom is -0.400 e. The largest absolute Gasteiger partial charge is 0.400 e. The number of ether oxygens (including phenoxy) is 1. The molecular formula is C17H36N4O2. The number of hydrogen-bond acceptors (Lipinski definition) is 6. The number of hydrazine groups is 2. The van der Waals surface area contributed by atoms with Gasteiger partial charge in [-0.25, -0.2) is 0 Å². The SMILES string of the molecule is CC.CCC1=CN(C2CCN(C3CCOCC3)CC2)NN1.CO. The highest BCUT2D eigenvalue weighted by molar-refractivity contribution is 5.02. The van der Waals surface area contributed by atoms with Crippen molar-refractivity contribution in [3.05, 3.63) is 11.9 Å². The minimum absolute atomic E-state index is 0.632. The molecule has 3 rings (SSSR count). The summed E-state index contributed by atoms with van der Waals surface area (Å²) in [6.45, 7) is 10.5. The lowest BCUT2D eigenvalue weighted by molar-refractivity contribution is 0.0136. The van der Waals surface area contributed by atoms with Crippen molar-refractivity contribution in [3.63, 3.8) is 0 Å². The standard InChI is InChI=1S/C14H26N4O.C2H6.CH4O/c1-2-12-11-18(16-15-12)14-3-7-17(8-4-14)13-5-9-19-10-6-13;2*1-2/h11,13-16H,2-10H2,1H3;1-2H3;2H,1H3. The number of nitrogens with zero attached hydrogens (tertiary/aromatic N) is 2. The lowest BCUT2D eigenvalue weighted by Crippen LogP contribution is -2.51. The van der Waals surface area contributed by atoms with Gasteiger partial charge in [-0.15, -0.1) is 5.53 Å². The summed E-state index contributed by atoms with van der Waals surface area (Å²) in [5, 5.41) is 9.26. The molecule has 0 bridgehead atoms. The monoisotopic (exact) mass is 328 g/mol. The topological polar surface area (TPSA) is 60.0 Å². The Bertz CT molecular complexity index is 325. The van der Waals surface area contributed by atoms with Gasteiger partial charge >= 0.3 is 0 Å². The third-order valence-corrected chi connectivity index (χ3v) is 4.62. The van der Waals surface area contributed by atoms with Gasteiger partial charge in [0.05, 0.1) is 0 Å². The van der Waals surface area contributed by atoms with E-state index in [0.29, 0.717) is 6.04 Å². The van der Waals surface area contributed by atoms with Gasteiger partial charge in [0.25, 0.3) is 0 Å². The van der Waals surface area contributed by atoms with E-state index in [-0.39, 0.29) is 0 Å². The maximum absolute atomic E-state index is 7.00. The summed E-state index contributed by atoms with van der Waals surface area (Å²) >= 11 is 0. The van der Waals surface area contributed by atoms with Crippen LogP contribution in [0.4, 0.5) is 0 Å². The molecule has 0 aromatic rings. The van der Waals surface area contributed by atoms with E-state index in [1.165, 1.54) is 44.5 Å². The van der Waals surface area contributed by atoms with Crippen LogP contribution in [0.2, 0.25) is 0 Å². The predicted molar refractivity (Wildman–Crippen MR) is 94.4 cm³/mol. The number of piperidine rings is 1. The summed E-state index contributed by atoms with van der Waals surface area (Å²) in [7, 11) is 1.00. The smallest absolute Gasteiger partial charge is 0.0490 e. The molecule has 3 N–H and O–H groups in total. The van der Waals surface area contributed by atoms with Crippen LogP contribution in [0.25, 0.3) is 0 Å². The molecule has 0 spiro atoms. The summed E-state index contributed by atoms with van der Waals surface area (Å²) in [6.07, 6.45) is 8.22. The van der Waals surface area contributed by atoms with Crippen LogP contribution < -0.4 is 11.0 Å². The fraction of sp³-hybridized carbons (Fsp3) is 0.882. The number of allylic oxidation sites excluding steroid dienone is 1. The van der Waals surface area contributed by atoms with Crippen LogP contribution in [0, 0.1) is 0 Å². The summed E-state index contributed by atoms with van der Waals surface area (Å²) in [5.74, 6) is 0. The first kappa shape index (κ1) is 20.2. The molecule has 3 heterocycles. The maximum atomic E-state index is 7.00. The first-order valence-electron chi connectivity index (χ1n) is 9.14. The van der Waals surface area contributed by atoms with Crippen molar-refractivity contribution >= 4 is 0 Å². The number of aliphatic hydroxyl groups is 1. The van der Waals surface area contributed by atoms with Crippen LogP contribution in [0.5, 0.6) is 0 Å². The fourth-order valence-electron chi connectivity index (χ4n) is 3.32. The second kappa shape index (κ2) is 11.7. The molecule has 6 heteroatoms. The molecule has 2 saturated heterocycles. The lowest BCUT2D eigenvalue weighted by atomic mass is 9.99. The van der Waals surface area contributed by atoms with E-state index in [0.717, 1.165) is 32.8 Å². The van der Waals surface area contributed by atoms with Crippen LogP contribution in [-0.2, 0) is 4.74 Å². The zero-order valence-electron chi connectivity index (χ0n) is 15.3. The van der Waals surface area contributed by atoms with Gasteiger partial charge in [0.1, 0.15) is 0 Å². The van der Waals surface area contributed by atoms with Crippen molar-refractivity contribution < 1.29 is 9.84 Å². The Labute approximate surface area is 141 Å². The second-order valence-corrected chi connectivity index (χ2v) is 5.76. The molecule has 0 aromatic heterocycles. The third-order valence-electron chi connectivity index (χ3n) is 4.62. The first-order valence-corrected chi connectivity index (χ1v) is 9.14. The van der Waals surface area contributed by atoms with E-state index in [1.54, 1.807) is 0 Å². The Morgan fingerprint density at radius 2 is 1.70 bits per heavy atom. The number of rotatable bonds is 3. The van der Waals surface area contributed by atoms with Gasteiger partial charge in [-0.3, -0.25) is 5.01 Å². The van der Waals surface area contributed by atoms with E-state index >= 15 is 0 Å². The number of hydrogen-bond donors (Lipinski definition) is 3. The molecule has 2 fully saturated rings. The highest BCUT2D eigenvalue weighted by Crippen LogP contribution is 2.23. The molecule has 0 aliphatic carbocycles. The van der Waals surface area contributed by atoms with Crippen LogP contribution in [0.15, 0.2) is 11.9 Å². The number of aliphatic hydroxyl groups excluding tert-OH is 1. The van der Waals surface area contributed by atoms with Gasteiger partial charge in [0.15, 0.2) is 0 Å². The Kier molecular flexibility index (Phi) is 10.3. The molecule has 23 heavy (non-hydrogen) atoms. The van der Waals surface area contributed by atoms with Crippen LogP contribution in [0.3, 0.4) is 0 Å². The number of likely N-dealkylation sites (tertiary alicyclic amines) is 1. The summed E-state index contributed by atoms with van der Waals surface area (Å²) < 4.78 is 5.46. The van der Waals surface area contributed by atoms with E-state index < -0.39 is 0 Å². The maximum Gasteiger partial charge on any atom is 0.0490 e. The van der Waals surface area contributed by atoms with Crippen LogP contribution >= 0.6 is 0 Å². The molecule has 0 atom stereocenters. The summed E-state index contributed by atoms with van der Waals surface area (Å²) in [4.78, 5) is 2.67. The van der Waals surface area contributed by atoms with E-state index in [2.05, 4.69) is 34.0 Å². The van der Waals surface area contributed by atoms with Crippen molar-refractivity contribution in [1.29, 1.82) is 0 Å². The molecule has 0 saturated carbocycles. The molecular weight excluding hydrogens is 292 g/mol. The Balaban J connectivity index is 0.000000615. The van der Waals surface area contributed by atoms with E-state index in [9.17, 15) is 0 Å². The Hall–Kier alpha value is -0.820. The Morgan fingerprint density at radius 1 is 1.09 bits per heavy atom. The van der Waals surface area contributed by atoms with Gasteiger partial charge in [0.2, 0.25) is 0 Å². The van der Waals surface area contributed by atoms with E-state index in [4.69, 9.17) is 9.84 Å². The molecule has 0 radical (unpaired) electrons. The fourth-order valence-corrected chi connectivity index (χ4v) is 3.32. The van der Waals surface area contributed by atoms with Crippen LogP contribution in [-0.4, -0.2) is 60.5 Å². The van der Waals surface area contributed by atoms with Crippen molar-refractivity contribution in [1.82, 2.24) is 20.9 Å². The Morgan fingerprint density at radius 3 is 2.22 bits per heavy atom.